The molecule has 1 aliphatic heterocycles. The smallest absolute Gasteiger partial charge is 0.252 e. The van der Waals surface area contributed by atoms with Gasteiger partial charge in [0, 0.05) is 50.0 Å². The van der Waals surface area contributed by atoms with Gasteiger partial charge in [-0.3, -0.25) is 4.79 Å². The van der Waals surface area contributed by atoms with Gasteiger partial charge in [0.15, 0.2) is 0 Å². The van der Waals surface area contributed by atoms with Crippen molar-refractivity contribution in [1.29, 1.82) is 0 Å². The Kier molecular flexibility index (Phi) is 6.47. The Morgan fingerprint density at radius 1 is 1.26 bits per heavy atom. The van der Waals surface area contributed by atoms with Crippen LogP contribution in [0.2, 0.25) is 0 Å². The highest BCUT2D eigenvalue weighted by atomic mass is 16.5. The standard InChI is InChI=1S/C23H27N5O3/c1-16-14-25-23(26-19-8-12-31-13-9-19)27-21(16)28-11-7-18(15-28)22(30)24-10-6-17-4-2-3-5-20(17)29/h2-5,7,11,14-15,19,29H,6,8-10,12-13H2,1H3,(H,24,30)(H,25,26,27). The van der Waals surface area contributed by atoms with Crippen molar-refractivity contribution in [2.45, 2.75) is 32.2 Å². The van der Waals surface area contributed by atoms with Gasteiger partial charge in [0.1, 0.15) is 11.6 Å². The van der Waals surface area contributed by atoms with Crippen LogP contribution in [0.4, 0.5) is 5.95 Å². The molecule has 2 aromatic heterocycles. The van der Waals surface area contributed by atoms with Crippen LogP contribution in [0.5, 0.6) is 5.75 Å². The van der Waals surface area contributed by atoms with E-state index in [1.165, 1.54) is 0 Å². The molecule has 0 saturated carbocycles. The molecule has 31 heavy (non-hydrogen) atoms. The number of nitrogens with one attached hydrogen (secondary N) is 2. The molecule has 0 spiro atoms. The van der Waals surface area contributed by atoms with E-state index in [2.05, 4.69) is 20.6 Å². The van der Waals surface area contributed by atoms with Crippen LogP contribution in [-0.2, 0) is 11.2 Å². The quantitative estimate of drug-likeness (QED) is 0.542. The Morgan fingerprint density at radius 3 is 2.87 bits per heavy atom. The van der Waals surface area contributed by atoms with Crippen LogP contribution in [0.15, 0.2) is 48.9 Å². The first kappa shape index (κ1) is 20.9. The van der Waals surface area contributed by atoms with Crippen molar-refractivity contribution in [3.8, 4) is 11.6 Å². The van der Waals surface area contributed by atoms with Crippen LogP contribution in [0.3, 0.4) is 0 Å². The SMILES string of the molecule is Cc1cnc(NC2CCOCC2)nc1-n1ccc(C(=O)NCCc2ccccc2O)c1. The van der Waals surface area contributed by atoms with E-state index in [-0.39, 0.29) is 11.7 Å². The van der Waals surface area contributed by atoms with Gasteiger partial charge in [0.2, 0.25) is 5.95 Å². The van der Waals surface area contributed by atoms with Crippen molar-refractivity contribution in [2.24, 2.45) is 0 Å². The minimum absolute atomic E-state index is 0.165. The minimum Gasteiger partial charge on any atom is -0.508 e. The van der Waals surface area contributed by atoms with Crippen LogP contribution in [0.25, 0.3) is 5.82 Å². The molecule has 3 aromatic rings. The van der Waals surface area contributed by atoms with Crippen molar-refractivity contribution >= 4 is 11.9 Å². The van der Waals surface area contributed by atoms with Gasteiger partial charge in [-0.25, -0.2) is 4.98 Å². The summed E-state index contributed by atoms with van der Waals surface area (Å²) in [5.41, 5.74) is 2.27. The van der Waals surface area contributed by atoms with E-state index in [0.717, 1.165) is 43.0 Å². The number of nitrogens with zero attached hydrogens (tertiary/aromatic N) is 3. The Balaban J connectivity index is 1.40. The van der Waals surface area contributed by atoms with Gasteiger partial charge in [-0.2, -0.15) is 4.98 Å². The van der Waals surface area contributed by atoms with Crippen LogP contribution in [-0.4, -0.2) is 51.3 Å². The van der Waals surface area contributed by atoms with Gasteiger partial charge < -0.3 is 25.0 Å². The number of para-hydroxylation sites is 1. The molecule has 1 fully saturated rings. The Labute approximate surface area is 181 Å². The third-order valence-electron chi connectivity index (χ3n) is 5.37. The van der Waals surface area contributed by atoms with Gasteiger partial charge >= 0.3 is 0 Å². The maximum Gasteiger partial charge on any atom is 0.252 e. The molecular formula is C23H27N5O3. The van der Waals surface area contributed by atoms with Gasteiger partial charge in [0.05, 0.1) is 5.56 Å². The lowest BCUT2D eigenvalue weighted by molar-refractivity contribution is 0.0903. The predicted molar refractivity (Wildman–Crippen MR) is 118 cm³/mol. The Bertz CT molecular complexity index is 1040. The number of carbonyl (C=O) groups excluding carboxylic acids is 1. The second kappa shape index (κ2) is 9.61. The molecule has 1 amide bonds. The van der Waals surface area contributed by atoms with E-state index >= 15 is 0 Å². The monoisotopic (exact) mass is 421 g/mol. The predicted octanol–water partition coefficient (Wildman–Crippen LogP) is 2.84. The van der Waals surface area contributed by atoms with E-state index in [1.807, 2.05) is 29.8 Å². The van der Waals surface area contributed by atoms with Crippen LogP contribution in [0, 0.1) is 6.92 Å². The molecule has 4 rings (SSSR count). The normalized spacial score (nSPS) is 14.4. The van der Waals surface area contributed by atoms with Gasteiger partial charge in [-0.15, -0.1) is 0 Å². The molecule has 0 aliphatic carbocycles. The first-order valence-electron chi connectivity index (χ1n) is 10.5. The highest BCUT2D eigenvalue weighted by molar-refractivity contribution is 5.94. The molecule has 0 unspecified atom stereocenters. The van der Waals surface area contributed by atoms with E-state index in [0.29, 0.717) is 30.5 Å². The topological polar surface area (TPSA) is 101 Å². The molecule has 3 heterocycles. The number of carbonyl (C=O) groups is 1. The van der Waals surface area contributed by atoms with E-state index in [1.54, 1.807) is 30.6 Å². The van der Waals surface area contributed by atoms with Crippen LogP contribution < -0.4 is 10.6 Å². The maximum absolute atomic E-state index is 12.5. The number of hydrogen-bond donors (Lipinski definition) is 3. The Morgan fingerprint density at radius 2 is 2.06 bits per heavy atom. The zero-order chi connectivity index (χ0) is 21.6. The third kappa shape index (κ3) is 5.21. The molecule has 1 aliphatic rings. The molecule has 162 valence electrons. The average Bonchev–Trinajstić information content (AvgIpc) is 3.27. The van der Waals surface area contributed by atoms with Crippen molar-refractivity contribution < 1.29 is 14.6 Å². The molecule has 1 saturated heterocycles. The number of aromatic nitrogens is 3. The number of aromatic hydroxyl groups is 1. The number of phenols is 1. The fourth-order valence-electron chi connectivity index (χ4n) is 3.59. The van der Waals surface area contributed by atoms with Gasteiger partial charge in [-0.1, -0.05) is 18.2 Å². The molecule has 3 N–H and O–H groups in total. The van der Waals surface area contributed by atoms with Gasteiger partial charge in [0.25, 0.3) is 5.91 Å². The molecule has 0 bridgehead atoms. The van der Waals surface area contributed by atoms with Crippen LogP contribution >= 0.6 is 0 Å². The highest BCUT2D eigenvalue weighted by Gasteiger charge is 2.16. The first-order valence-corrected chi connectivity index (χ1v) is 10.5. The molecule has 1 aromatic carbocycles. The zero-order valence-electron chi connectivity index (χ0n) is 17.5. The first-order chi connectivity index (χ1) is 15.1. The molecule has 8 heteroatoms. The summed E-state index contributed by atoms with van der Waals surface area (Å²) >= 11 is 0. The summed E-state index contributed by atoms with van der Waals surface area (Å²) in [6.07, 6.45) is 7.80. The molecule has 0 atom stereocenters. The number of benzene rings is 1. The fraction of sp³-hybridized carbons (Fsp3) is 0.348. The Hall–Kier alpha value is -3.39. The number of aryl methyl sites for hydroxylation is 1. The summed E-state index contributed by atoms with van der Waals surface area (Å²) in [5, 5.41) is 16.1. The lowest BCUT2D eigenvalue weighted by Gasteiger charge is -2.23. The van der Waals surface area contributed by atoms with E-state index in [4.69, 9.17) is 4.74 Å². The number of anilines is 1. The number of ether oxygens (including phenoxy) is 1. The third-order valence-corrected chi connectivity index (χ3v) is 5.37. The van der Waals surface area contributed by atoms with Crippen molar-refractivity contribution in [3.63, 3.8) is 0 Å². The fourth-order valence-corrected chi connectivity index (χ4v) is 3.59. The number of amides is 1. The number of phenolic OH excluding ortho intramolecular Hbond substituents is 1. The summed E-state index contributed by atoms with van der Waals surface area (Å²) < 4.78 is 7.24. The van der Waals surface area contributed by atoms with Crippen LogP contribution in [0.1, 0.15) is 34.3 Å². The number of hydrogen-bond acceptors (Lipinski definition) is 6. The highest BCUT2D eigenvalue weighted by Crippen LogP contribution is 2.18. The molecule has 0 radical (unpaired) electrons. The molecule has 8 nitrogen and oxygen atoms in total. The summed E-state index contributed by atoms with van der Waals surface area (Å²) in [4.78, 5) is 21.6. The minimum atomic E-state index is -0.165. The summed E-state index contributed by atoms with van der Waals surface area (Å²) in [5.74, 6) is 1.39. The molecular weight excluding hydrogens is 394 g/mol. The summed E-state index contributed by atoms with van der Waals surface area (Å²) in [6, 6.07) is 9.21. The van der Waals surface area contributed by atoms with Gasteiger partial charge in [-0.05, 0) is 43.9 Å². The number of rotatable bonds is 7. The van der Waals surface area contributed by atoms with E-state index < -0.39 is 0 Å². The summed E-state index contributed by atoms with van der Waals surface area (Å²) in [7, 11) is 0. The lowest BCUT2D eigenvalue weighted by atomic mass is 10.1. The maximum atomic E-state index is 12.5. The van der Waals surface area contributed by atoms with Crippen molar-refractivity contribution in [2.75, 3.05) is 25.1 Å². The van der Waals surface area contributed by atoms with E-state index in [9.17, 15) is 9.90 Å². The average molecular weight is 422 g/mol. The van der Waals surface area contributed by atoms with Crippen molar-refractivity contribution in [1.82, 2.24) is 19.9 Å². The lowest BCUT2D eigenvalue weighted by Crippen LogP contribution is -2.28. The largest absolute Gasteiger partial charge is 0.508 e. The second-order valence-electron chi connectivity index (χ2n) is 7.67. The van der Waals surface area contributed by atoms with Crippen molar-refractivity contribution in [3.05, 3.63) is 65.6 Å². The summed E-state index contributed by atoms with van der Waals surface area (Å²) in [6.45, 7) is 3.87. The zero-order valence-corrected chi connectivity index (χ0v) is 17.5. The second-order valence-corrected chi connectivity index (χ2v) is 7.67.